The molecule has 1 atom stereocenters. The highest BCUT2D eigenvalue weighted by Crippen LogP contribution is 2.07. The summed E-state index contributed by atoms with van der Waals surface area (Å²) < 4.78 is 5.06. The van der Waals surface area contributed by atoms with E-state index in [1.54, 1.807) is 11.8 Å². The van der Waals surface area contributed by atoms with Crippen molar-refractivity contribution in [1.29, 1.82) is 0 Å². The van der Waals surface area contributed by atoms with Gasteiger partial charge >= 0.3 is 6.09 Å². The molecule has 1 amide bonds. The van der Waals surface area contributed by atoms with Gasteiger partial charge in [-0.15, -0.1) is 6.42 Å². The molecule has 0 aliphatic rings. The van der Waals surface area contributed by atoms with Gasteiger partial charge in [-0.25, -0.2) is 4.79 Å². The van der Waals surface area contributed by atoms with Crippen LogP contribution in [0.1, 0.15) is 20.8 Å². The van der Waals surface area contributed by atoms with Crippen molar-refractivity contribution >= 4 is 17.9 Å². The maximum Gasteiger partial charge on any atom is 0.408 e. The molecule has 0 saturated carbocycles. The lowest BCUT2D eigenvalue weighted by Crippen LogP contribution is -2.39. The Balaban J connectivity index is 3.99. The number of carbonyl (C=O) groups excluding carboxylic acids is 1. The molecule has 0 aromatic rings. The maximum atomic E-state index is 11.3. The fraction of sp³-hybridized carbons (Fsp3) is 0.700. The van der Waals surface area contributed by atoms with Crippen molar-refractivity contribution in [2.24, 2.45) is 0 Å². The summed E-state index contributed by atoms with van der Waals surface area (Å²) in [5.41, 5.74) is -0.484. The first-order valence-electron chi connectivity index (χ1n) is 4.33. The van der Waals surface area contributed by atoms with Crippen LogP contribution in [0.4, 0.5) is 4.79 Å². The topological polar surface area (TPSA) is 38.3 Å². The van der Waals surface area contributed by atoms with Gasteiger partial charge in [-0.2, -0.15) is 11.8 Å². The van der Waals surface area contributed by atoms with Crippen molar-refractivity contribution in [2.45, 2.75) is 32.4 Å². The Morgan fingerprint density at radius 1 is 1.64 bits per heavy atom. The number of hydrogen-bond acceptors (Lipinski definition) is 3. The molecule has 0 aromatic heterocycles. The zero-order chi connectivity index (χ0) is 11.2. The lowest BCUT2D eigenvalue weighted by molar-refractivity contribution is 0.0520. The third-order valence-electron chi connectivity index (χ3n) is 1.23. The lowest BCUT2D eigenvalue weighted by Gasteiger charge is -2.21. The van der Waals surface area contributed by atoms with Crippen molar-refractivity contribution < 1.29 is 9.53 Å². The van der Waals surface area contributed by atoms with Gasteiger partial charge in [0, 0.05) is 5.75 Å². The second-order valence-corrected chi connectivity index (χ2v) is 4.73. The van der Waals surface area contributed by atoms with Crippen LogP contribution in [0.2, 0.25) is 0 Å². The Morgan fingerprint density at radius 2 is 2.21 bits per heavy atom. The van der Waals surface area contributed by atoms with Crippen LogP contribution in [0.3, 0.4) is 0 Å². The number of nitrogens with one attached hydrogen (secondary N) is 1. The first-order chi connectivity index (χ1) is 6.39. The average molecular weight is 215 g/mol. The third kappa shape index (κ3) is 6.67. The smallest absolute Gasteiger partial charge is 0.408 e. The normalized spacial score (nSPS) is 12.8. The molecule has 0 saturated heterocycles. The van der Waals surface area contributed by atoms with E-state index in [1.165, 1.54) is 0 Å². The summed E-state index contributed by atoms with van der Waals surface area (Å²) in [5.74, 6) is 3.18. The van der Waals surface area contributed by atoms with Gasteiger partial charge in [-0.1, -0.05) is 5.92 Å². The number of ether oxygens (including phenoxy) is 1. The first kappa shape index (κ1) is 13.2. The Hall–Kier alpha value is -0.820. The fourth-order valence-corrected chi connectivity index (χ4v) is 1.26. The monoisotopic (exact) mass is 215 g/mol. The van der Waals surface area contributed by atoms with Gasteiger partial charge in [0.15, 0.2) is 0 Å². The van der Waals surface area contributed by atoms with Gasteiger partial charge in [0.05, 0.1) is 0 Å². The predicted molar refractivity (Wildman–Crippen MR) is 60.4 cm³/mol. The molecule has 0 aromatic carbocycles. The summed E-state index contributed by atoms with van der Waals surface area (Å²) in [6, 6.07) is -0.264. The third-order valence-corrected chi connectivity index (χ3v) is 1.89. The van der Waals surface area contributed by atoms with E-state index in [-0.39, 0.29) is 6.04 Å². The van der Waals surface area contributed by atoms with Gasteiger partial charge in [0.2, 0.25) is 0 Å². The molecule has 0 unspecified atom stereocenters. The molecular formula is C10H17NO2S. The summed E-state index contributed by atoms with van der Waals surface area (Å²) >= 11 is 1.58. The van der Waals surface area contributed by atoms with E-state index in [0.29, 0.717) is 5.75 Å². The zero-order valence-corrected chi connectivity index (χ0v) is 9.90. The number of terminal acetylenes is 1. The minimum Gasteiger partial charge on any atom is -0.444 e. The van der Waals surface area contributed by atoms with E-state index in [0.717, 1.165) is 0 Å². The van der Waals surface area contributed by atoms with Gasteiger partial charge in [-0.3, -0.25) is 0 Å². The maximum absolute atomic E-state index is 11.3. The summed E-state index contributed by atoms with van der Waals surface area (Å²) in [4.78, 5) is 11.3. The van der Waals surface area contributed by atoms with Crippen LogP contribution in [0.15, 0.2) is 0 Å². The molecule has 0 fully saturated rings. The highest BCUT2D eigenvalue weighted by Gasteiger charge is 2.17. The number of amides is 1. The number of carbonyl (C=O) groups is 1. The van der Waals surface area contributed by atoms with Crippen LogP contribution >= 0.6 is 11.8 Å². The van der Waals surface area contributed by atoms with Crippen LogP contribution in [0.5, 0.6) is 0 Å². The standard InChI is InChI=1S/C10H17NO2S/c1-6-8(7-14-5)11-9(12)13-10(2,3)4/h1,8H,7H2,2-5H3,(H,11,12)/t8-/m1/s1. The predicted octanol–water partition coefficient (Wildman–Crippen LogP) is 1.88. The van der Waals surface area contributed by atoms with Gasteiger partial charge in [-0.05, 0) is 27.0 Å². The zero-order valence-electron chi connectivity index (χ0n) is 9.09. The SMILES string of the molecule is C#C[C@H](CSC)NC(=O)OC(C)(C)C. The van der Waals surface area contributed by atoms with Crippen LogP contribution in [0.25, 0.3) is 0 Å². The molecule has 80 valence electrons. The largest absolute Gasteiger partial charge is 0.444 e. The molecular weight excluding hydrogens is 198 g/mol. The Kier molecular flexibility index (Phi) is 5.47. The molecule has 0 heterocycles. The first-order valence-corrected chi connectivity index (χ1v) is 5.73. The molecule has 14 heavy (non-hydrogen) atoms. The number of rotatable bonds is 3. The van der Waals surface area contributed by atoms with E-state index < -0.39 is 11.7 Å². The summed E-state index contributed by atoms with van der Waals surface area (Å²) in [7, 11) is 0. The van der Waals surface area contributed by atoms with E-state index in [9.17, 15) is 4.79 Å². The van der Waals surface area contributed by atoms with Crippen LogP contribution in [0, 0.1) is 12.3 Å². The second-order valence-electron chi connectivity index (χ2n) is 3.82. The molecule has 0 radical (unpaired) electrons. The molecule has 0 rings (SSSR count). The van der Waals surface area contributed by atoms with Crippen molar-refractivity contribution in [3.63, 3.8) is 0 Å². The quantitative estimate of drug-likeness (QED) is 0.730. The van der Waals surface area contributed by atoms with Crippen molar-refractivity contribution in [1.82, 2.24) is 5.32 Å². The van der Waals surface area contributed by atoms with E-state index in [4.69, 9.17) is 11.2 Å². The van der Waals surface area contributed by atoms with Crippen LogP contribution < -0.4 is 5.32 Å². The number of hydrogen-bond donors (Lipinski definition) is 1. The Morgan fingerprint density at radius 3 is 2.57 bits per heavy atom. The van der Waals surface area contributed by atoms with Crippen LogP contribution in [-0.2, 0) is 4.74 Å². The molecule has 0 aliphatic carbocycles. The minimum atomic E-state index is -0.484. The molecule has 0 spiro atoms. The Labute approximate surface area is 90.0 Å². The molecule has 4 heteroatoms. The number of alkyl carbamates (subject to hydrolysis) is 1. The summed E-state index contributed by atoms with van der Waals surface area (Å²) in [5, 5.41) is 2.61. The van der Waals surface area contributed by atoms with Crippen molar-refractivity contribution in [3.05, 3.63) is 0 Å². The highest BCUT2D eigenvalue weighted by atomic mass is 32.2. The van der Waals surface area contributed by atoms with Crippen molar-refractivity contribution in [3.8, 4) is 12.3 Å². The molecule has 1 N–H and O–H groups in total. The van der Waals surface area contributed by atoms with Gasteiger partial charge < -0.3 is 10.1 Å². The van der Waals surface area contributed by atoms with E-state index >= 15 is 0 Å². The summed E-state index contributed by atoms with van der Waals surface area (Å²) in [6.45, 7) is 5.43. The molecule has 0 aliphatic heterocycles. The average Bonchev–Trinajstić information content (AvgIpc) is 2.00. The highest BCUT2D eigenvalue weighted by molar-refractivity contribution is 7.98. The van der Waals surface area contributed by atoms with Gasteiger partial charge in [0.25, 0.3) is 0 Å². The Bertz CT molecular complexity index is 227. The van der Waals surface area contributed by atoms with Crippen molar-refractivity contribution in [2.75, 3.05) is 12.0 Å². The number of thioether (sulfide) groups is 1. The molecule has 3 nitrogen and oxygen atoms in total. The minimum absolute atomic E-state index is 0.264. The summed E-state index contributed by atoms with van der Waals surface area (Å²) in [6.07, 6.45) is 6.71. The molecule has 0 bridgehead atoms. The van der Waals surface area contributed by atoms with Gasteiger partial charge in [0.1, 0.15) is 11.6 Å². The van der Waals surface area contributed by atoms with Crippen LogP contribution in [-0.4, -0.2) is 29.7 Å². The lowest BCUT2D eigenvalue weighted by atomic mass is 10.2. The van der Waals surface area contributed by atoms with E-state index in [2.05, 4.69) is 11.2 Å². The fourth-order valence-electron chi connectivity index (χ4n) is 0.748. The second kappa shape index (κ2) is 5.82. The van der Waals surface area contributed by atoms with E-state index in [1.807, 2.05) is 27.0 Å².